The molecule has 0 aromatic rings. The molecule has 158 valence electrons. The fourth-order valence-corrected chi connectivity index (χ4v) is 1.36. The standard InChI is InChI=1S/C8HF17O/c9-1(8(24,25)26,3(12,13)6(18,19)20)2(10,11)4(14,15)5(16,17)7(21,22)23/h26H. The summed E-state index contributed by atoms with van der Waals surface area (Å²) in [6, 6.07) is 0. The van der Waals surface area contributed by atoms with Crippen LogP contribution in [0.15, 0.2) is 0 Å². The van der Waals surface area contributed by atoms with E-state index in [9.17, 15) is 74.6 Å². The lowest BCUT2D eigenvalue weighted by Crippen LogP contribution is -2.78. The summed E-state index contributed by atoms with van der Waals surface area (Å²) in [4.78, 5) is 0. The van der Waals surface area contributed by atoms with Gasteiger partial charge in [-0.15, -0.1) is 0 Å². The maximum Gasteiger partial charge on any atom is 0.460 e. The van der Waals surface area contributed by atoms with Crippen LogP contribution in [0.3, 0.4) is 0 Å². The highest BCUT2D eigenvalue weighted by Crippen LogP contribution is 2.65. The van der Waals surface area contributed by atoms with E-state index in [0.29, 0.717) is 0 Å². The van der Waals surface area contributed by atoms with Crippen molar-refractivity contribution in [3.05, 3.63) is 0 Å². The quantitative estimate of drug-likeness (QED) is 0.606. The van der Waals surface area contributed by atoms with Gasteiger partial charge in [0.2, 0.25) is 0 Å². The van der Waals surface area contributed by atoms with Crippen molar-refractivity contribution >= 4 is 0 Å². The SMILES string of the molecule is OC(F)(F)C(F)(C(F)(F)C(F)(F)F)C(F)(F)C(F)(F)C(F)(F)C(F)(F)F. The van der Waals surface area contributed by atoms with Crippen molar-refractivity contribution in [2.75, 3.05) is 0 Å². The topological polar surface area (TPSA) is 20.2 Å². The van der Waals surface area contributed by atoms with E-state index in [0.717, 1.165) is 0 Å². The van der Waals surface area contributed by atoms with Gasteiger partial charge in [-0.05, 0) is 0 Å². The lowest BCUT2D eigenvalue weighted by molar-refractivity contribution is -0.484. The molecule has 26 heavy (non-hydrogen) atoms. The van der Waals surface area contributed by atoms with Crippen LogP contribution in [0.5, 0.6) is 0 Å². The number of halogens is 17. The first kappa shape index (κ1) is 24.8. The second-order valence-corrected chi connectivity index (χ2v) is 4.49. The maximum atomic E-state index is 13.4. The molecule has 1 nitrogen and oxygen atoms in total. The summed E-state index contributed by atoms with van der Waals surface area (Å²) in [5.41, 5.74) is -8.68. The largest absolute Gasteiger partial charge is 0.460 e. The van der Waals surface area contributed by atoms with Crippen molar-refractivity contribution in [2.24, 2.45) is 0 Å². The molecular formula is C8HF17O. The predicted molar refractivity (Wildman–Crippen MR) is 42.9 cm³/mol. The van der Waals surface area contributed by atoms with E-state index in [2.05, 4.69) is 0 Å². The zero-order chi connectivity index (χ0) is 22.0. The zero-order valence-corrected chi connectivity index (χ0v) is 10.9. The molecule has 1 unspecified atom stereocenters. The van der Waals surface area contributed by atoms with E-state index in [1.54, 1.807) is 0 Å². The summed E-state index contributed by atoms with van der Waals surface area (Å²) in [7, 11) is 0. The zero-order valence-electron chi connectivity index (χ0n) is 10.9. The van der Waals surface area contributed by atoms with Crippen LogP contribution in [-0.2, 0) is 0 Å². The Bertz CT molecular complexity index is 520. The molecule has 1 atom stereocenters. The highest BCUT2D eigenvalue weighted by atomic mass is 19.4. The van der Waals surface area contributed by atoms with E-state index < -0.39 is 47.8 Å². The highest BCUT2D eigenvalue weighted by Gasteiger charge is 2.97. The van der Waals surface area contributed by atoms with Gasteiger partial charge < -0.3 is 5.11 Å². The van der Waals surface area contributed by atoms with Crippen molar-refractivity contribution in [1.29, 1.82) is 0 Å². The Kier molecular flexibility index (Phi) is 5.37. The Labute approximate surface area is 129 Å². The van der Waals surface area contributed by atoms with Crippen molar-refractivity contribution in [1.82, 2.24) is 0 Å². The smallest absolute Gasteiger partial charge is 0.333 e. The van der Waals surface area contributed by atoms with Gasteiger partial charge >= 0.3 is 47.8 Å². The Morgan fingerprint density at radius 1 is 0.346 bits per heavy atom. The molecule has 0 radical (unpaired) electrons. The predicted octanol–water partition coefficient (Wildman–Crippen LogP) is 4.95. The third kappa shape index (κ3) is 2.83. The molecule has 0 aromatic carbocycles. The van der Waals surface area contributed by atoms with Crippen LogP contribution >= 0.6 is 0 Å². The molecule has 0 spiro atoms. The Balaban J connectivity index is 7.03. The third-order valence-corrected chi connectivity index (χ3v) is 2.78. The Hall–Kier alpha value is -1.23. The molecule has 0 aliphatic heterocycles. The molecule has 0 aromatic heterocycles. The number of hydrogen-bond donors (Lipinski definition) is 1. The maximum absolute atomic E-state index is 13.4. The first-order chi connectivity index (χ1) is 10.8. The average molecular weight is 436 g/mol. The van der Waals surface area contributed by atoms with E-state index in [1.807, 2.05) is 0 Å². The molecule has 0 bridgehead atoms. The lowest BCUT2D eigenvalue weighted by atomic mass is 9.82. The third-order valence-electron chi connectivity index (χ3n) is 2.78. The molecule has 0 aliphatic carbocycles. The van der Waals surface area contributed by atoms with Gasteiger partial charge in [0.1, 0.15) is 0 Å². The second kappa shape index (κ2) is 5.63. The van der Waals surface area contributed by atoms with E-state index >= 15 is 0 Å². The fraction of sp³-hybridized carbons (Fsp3) is 1.00. The van der Waals surface area contributed by atoms with Crippen LogP contribution in [0.25, 0.3) is 0 Å². The van der Waals surface area contributed by atoms with E-state index in [-0.39, 0.29) is 0 Å². The molecule has 0 fully saturated rings. The van der Waals surface area contributed by atoms with Gasteiger partial charge in [-0.2, -0.15) is 70.2 Å². The van der Waals surface area contributed by atoms with Crippen LogP contribution in [0.4, 0.5) is 74.6 Å². The fourth-order valence-electron chi connectivity index (χ4n) is 1.36. The van der Waals surface area contributed by atoms with Crippen LogP contribution in [-0.4, -0.2) is 52.9 Å². The van der Waals surface area contributed by atoms with Crippen molar-refractivity contribution < 1.29 is 79.7 Å². The molecule has 0 heterocycles. The summed E-state index contributed by atoms with van der Waals surface area (Å²) >= 11 is 0. The summed E-state index contributed by atoms with van der Waals surface area (Å²) < 4.78 is 211. The van der Waals surface area contributed by atoms with Gasteiger partial charge in [0.15, 0.2) is 0 Å². The first-order valence-corrected chi connectivity index (χ1v) is 5.19. The van der Waals surface area contributed by atoms with Crippen LogP contribution in [0.2, 0.25) is 0 Å². The number of aliphatic hydroxyl groups is 1. The van der Waals surface area contributed by atoms with Crippen LogP contribution in [0.1, 0.15) is 0 Å². The molecule has 1 N–H and O–H groups in total. The number of hydrogen-bond acceptors (Lipinski definition) is 1. The van der Waals surface area contributed by atoms with Crippen LogP contribution < -0.4 is 0 Å². The van der Waals surface area contributed by atoms with Gasteiger partial charge in [-0.1, -0.05) is 0 Å². The van der Waals surface area contributed by atoms with Gasteiger partial charge in [0.25, 0.3) is 0 Å². The van der Waals surface area contributed by atoms with Crippen molar-refractivity contribution in [2.45, 2.75) is 47.8 Å². The minimum atomic E-state index is -8.82. The van der Waals surface area contributed by atoms with Gasteiger partial charge in [-0.25, -0.2) is 4.39 Å². The van der Waals surface area contributed by atoms with Gasteiger partial charge in [-0.3, -0.25) is 0 Å². The second-order valence-electron chi connectivity index (χ2n) is 4.49. The van der Waals surface area contributed by atoms with E-state index in [1.165, 1.54) is 0 Å². The highest BCUT2D eigenvalue weighted by molar-refractivity contribution is 5.19. The van der Waals surface area contributed by atoms with Crippen molar-refractivity contribution in [3.8, 4) is 0 Å². The minimum Gasteiger partial charge on any atom is -0.333 e. The Morgan fingerprint density at radius 2 is 0.615 bits per heavy atom. The summed E-state index contributed by atoms with van der Waals surface area (Å²) in [6.07, 6.45) is -23.7. The molecular weight excluding hydrogens is 435 g/mol. The first-order valence-electron chi connectivity index (χ1n) is 5.19. The minimum absolute atomic E-state index is 7.58. The molecule has 0 aliphatic rings. The summed E-state index contributed by atoms with van der Waals surface area (Å²) in [5.74, 6) is -34.2. The van der Waals surface area contributed by atoms with Crippen molar-refractivity contribution in [3.63, 3.8) is 0 Å². The summed E-state index contributed by atoms with van der Waals surface area (Å²) in [6.45, 7) is 0. The lowest BCUT2D eigenvalue weighted by Gasteiger charge is -2.45. The Morgan fingerprint density at radius 3 is 0.808 bits per heavy atom. The van der Waals surface area contributed by atoms with Gasteiger partial charge in [0, 0.05) is 0 Å². The summed E-state index contributed by atoms with van der Waals surface area (Å²) in [5, 5.41) is 7.58. The van der Waals surface area contributed by atoms with E-state index in [4.69, 9.17) is 5.11 Å². The van der Waals surface area contributed by atoms with Crippen LogP contribution in [0, 0.1) is 0 Å². The molecule has 0 rings (SSSR count). The normalized spacial score (nSPS) is 18.7. The molecule has 18 heteroatoms. The number of alkyl halides is 17. The monoisotopic (exact) mass is 436 g/mol. The number of rotatable bonds is 5. The van der Waals surface area contributed by atoms with Gasteiger partial charge in [0.05, 0.1) is 0 Å². The molecule has 0 saturated heterocycles. The molecule has 0 saturated carbocycles. The molecule has 0 amide bonds. The average Bonchev–Trinajstić information content (AvgIpc) is 2.32.